The van der Waals surface area contributed by atoms with Gasteiger partial charge in [-0.3, -0.25) is 0 Å². The zero-order valence-corrected chi connectivity index (χ0v) is 15.6. The Kier molecular flexibility index (Phi) is 8.48. The molecule has 24 heavy (non-hydrogen) atoms. The zero-order valence-electron chi connectivity index (χ0n) is 14.8. The molecule has 0 aromatic rings. The van der Waals surface area contributed by atoms with Crippen LogP contribution in [0.3, 0.4) is 0 Å². The van der Waals surface area contributed by atoms with E-state index < -0.39 is 12.2 Å². The predicted octanol–water partition coefficient (Wildman–Crippen LogP) is 4.12. The highest BCUT2D eigenvalue weighted by molar-refractivity contribution is 6.21. The van der Waals surface area contributed by atoms with E-state index in [-0.39, 0.29) is 17.2 Å². The van der Waals surface area contributed by atoms with Crippen LogP contribution in [0, 0.1) is 41.4 Å². The first-order chi connectivity index (χ1) is 11.6. The fourth-order valence-electron chi connectivity index (χ4n) is 4.09. The molecule has 0 saturated heterocycles. The summed E-state index contributed by atoms with van der Waals surface area (Å²) in [6.07, 6.45) is 9.46. The van der Waals surface area contributed by atoms with Gasteiger partial charge in [0.15, 0.2) is 0 Å². The zero-order chi connectivity index (χ0) is 17.4. The molecule has 0 amide bonds. The first-order valence-electron chi connectivity index (χ1n) is 9.54. The number of unbranched alkanes of at least 4 members (excludes halogenated alkanes) is 2. The lowest BCUT2D eigenvalue weighted by Gasteiger charge is -2.24. The highest BCUT2D eigenvalue weighted by Crippen LogP contribution is 2.39. The molecule has 0 aromatic heterocycles. The molecule has 2 saturated carbocycles. The number of hydrogen-bond donors (Lipinski definition) is 2. The van der Waals surface area contributed by atoms with Gasteiger partial charge in [-0.15, -0.1) is 23.4 Å². The first-order valence-corrected chi connectivity index (χ1v) is 9.98. The maximum Gasteiger partial charge on any atom is 0.117 e. The van der Waals surface area contributed by atoms with Crippen LogP contribution in [0.25, 0.3) is 0 Å². The Bertz CT molecular complexity index is 489. The number of alkyl halides is 1. The minimum Gasteiger partial charge on any atom is -0.392 e. The molecule has 0 spiro atoms. The van der Waals surface area contributed by atoms with Crippen LogP contribution in [0.1, 0.15) is 71.1 Å². The summed E-state index contributed by atoms with van der Waals surface area (Å²) < 4.78 is 0. The van der Waals surface area contributed by atoms with Gasteiger partial charge in [-0.05, 0) is 50.9 Å². The standard InChI is InChI=1S/C21H31ClO2/c1-2-3-4-5-9-12-17-18(21(24)15-19(17)22)13-14-20(23)16-10-7-6-8-11-16/h16-21,23-24H,4-12,15H2,1H3/t17-,18-,19-,20-,21-/m1/s1. The maximum absolute atomic E-state index is 10.3. The molecule has 2 rings (SSSR count). The smallest absolute Gasteiger partial charge is 0.117 e. The lowest BCUT2D eigenvalue weighted by Crippen LogP contribution is -2.23. The average Bonchev–Trinajstić information content (AvgIpc) is 2.86. The van der Waals surface area contributed by atoms with Gasteiger partial charge < -0.3 is 10.2 Å². The Hall–Kier alpha value is -0.670. The molecular formula is C21H31ClO2. The highest BCUT2D eigenvalue weighted by Gasteiger charge is 2.40. The normalized spacial score (nSPS) is 31.7. The van der Waals surface area contributed by atoms with Gasteiger partial charge in [0, 0.05) is 11.8 Å². The number of aliphatic hydroxyl groups is 2. The van der Waals surface area contributed by atoms with Crippen LogP contribution in [-0.4, -0.2) is 27.8 Å². The molecule has 0 aromatic carbocycles. The van der Waals surface area contributed by atoms with Crippen molar-refractivity contribution >= 4 is 11.6 Å². The second-order valence-electron chi connectivity index (χ2n) is 7.31. The average molecular weight is 351 g/mol. The lowest BCUT2D eigenvalue weighted by molar-refractivity contribution is 0.130. The minimum absolute atomic E-state index is 0.0108. The Morgan fingerprint density at radius 1 is 1.17 bits per heavy atom. The highest BCUT2D eigenvalue weighted by atomic mass is 35.5. The Balaban J connectivity index is 1.89. The summed E-state index contributed by atoms with van der Waals surface area (Å²) in [6, 6.07) is 0. The van der Waals surface area contributed by atoms with E-state index in [0.29, 0.717) is 12.3 Å². The van der Waals surface area contributed by atoms with Gasteiger partial charge in [0.2, 0.25) is 0 Å². The number of aliphatic hydroxyl groups excluding tert-OH is 2. The maximum atomic E-state index is 10.3. The van der Waals surface area contributed by atoms with Crippen molar-refractivity contribution in [3.8, 4) is 23.7 Å². The molecule has 2 aliphatic rings. The molecule has 0 heterocycles. The van der Waals surface area contributed by atoms with Crippen molar-refractivity contribution in [2.24, 2.45) is 17.8 Å². The summed E-state index contributed by atoms with van der Waals surface area (Å²) in [5, 5.41) is 20.6. The van der Waals surface area contributed by atoms with Crippen molar-refractivity contribution in [1.29, 1.82) is 0 Å². The molecule has 3 heteroatoms. The van der Waals surface area contributed by atoms with Crippen LogP contribution >= 0.6 is 11.6 Å². The monoisotopic (exact) mass is 350 g/mol. The third kappa shape index (κ3) is 5.70. The van der Waals surface area contributed by atoms with E-state index >= 15 is 0 Å². The third-order valence-electron chi connectivity index (χ3n) is 5.57. The van der Waals surface area contributed by atoms with E-state index in [4.69, 9.17) is 11.6 Å². The van der Waals surface area contributed by atoms with E-state index in [1.165, 1.54) is 19.3 Å². The van der Waals surface area contributed by atoms with Gasteiger partial charge in [0.1, 0.15) is 6.10 Å². The Morgan fingerprint density at radius 3 is 2.62 bits per heavy atom. The quantitative estimate of drug-likeness (QED) is 0.445. The van der Waals surface area contributed by atoms with Crippen LogP contribution < -0.4 is 0 Å². The molecule has 0 bridgehead atoms. The summed E-state index contributed by atoms with van der Waals surface area (Å²) in [7, 11) is 0. The van der Waals surface area contributed by atoms with Gasteiger partial charge in [-0.1, -0.05) is 37.5 Å². The van der Waals surface area contributed by atoms with E-state index in [2.05, 4.69) is 23.7 Å². The molecule has 5 atom stereocenters. The molecule has 0 aliphatic heterocycles. The predicted molar refractivity (Wildman–Crippen MR) is 99.5 cm³/mol. The van der Waals surface area contributed by atoms with Gasteiger partial charge in [0.25, 0.3) is 0 Å². The topological polar surface area (TPSA) is 40.5 Å². The third-order valence-corrected chi connectivity index (χ3v) is 6.07. The van der Waals surface area contributed by atoms with Crippen LogP contribution in [0.15, 0.2) is 0 Å². The molecule has 2 N–H and O–H groups in total. The second-order valence-corrected chi connectivity index (χ2v) is 7.87. The molecule has 0 radical (unpaired) electrons. The summed E-state index contributed by atoms with van der Waals surface area (Å²) in [4.78, 5) is 0. The number of hydrogen-bond acceptors (Lipinski definition) is 2. The fraction of sp³-hybridized carbons (Fsp3) is 0.810. The van der Waals surface area contributed by atoms with E-state index in [0.717, 1.165) is 38.5 Å². The summed E-state index contributed by atoms with van der Waals surface area (Å²) in [6.45, 7) is 1.87. The minimum atomic E-state index is -0.549. The molecule has 134 valence electrons. The first kappa shape index (κ1) is 19.7. The fourth-order valence-corrected chi connectivity index (χ4v) is 4.56. The van der Waals surface area contributed by atoms with Crippen molar-refractivity contribution in [2.45, 2.75) is 88.7 Å². The van der Waals surface area contributed by atoms with E-state index in [9.17, 15) is 10.2 Å². The largest absolute Gasteiger partial charge is 0.392 e. The second kappa shape index (κ2) is 10.4. The summed E-state index contributed by atoms with van der Waals surface area (Å²) in [5.41, 5.74) is 0. The van der Waals surface area contributed by atoms with Crippen molar-refractivity contribution in [3.05, 3.63) is 0 Å². The Morgan fingerprint density at radius 2 is 1.92 bits per heavy atom. The van der Waals surface area contributed by atoms with Crippen molar-refractivity contribution in [2.75, 3.05) is 0 Å². The van der Waals surface area contributed by atoms with Crippen molar-refractivity contribution < 1.29 is 10.2 Å². The van der Waals surface area contributed by atoms with E-state index in [1.54, 1.807) is 0 Å². The summed E-state index contributed by atoms with van der Waals surface area (Å²) in [5.74, 6) is 12.7. The number of halogens is 1. The Labute approximate surface area is 152 Å². The lowest BCUT2D eigenvalue weighted by atomic mass is 9.84. The molecule has 2 nitrogen and oxygen atoms in total. The molecule has 2 fully saturated rings. The molecular weight excluding hydrogens is 320 g/mol. The van der Waals surface area contributed by atoms with Crippen LogP contribution in [-0.2, 0) is 0 Å². The van der Waals surface area contributed by atoms with Gasteiger partial charge >= 0.3 is 0 Å². The van der Waals surface area contributed by atoms with Gasteiger partial charge in [-0.25, -0.2) is 0 Å². The molecule has 2 aliphatic carbocycles. The van der Waals surface area contributed by atoms with Crippen LogP contribution in [0.2, 0.25) is 0 Å². The van der Waals surface area contributed by atoms with E-state index in [1.807, 2.05) is 6.92 Å². The number of rotatable bonds is 5. The van der Waals surface area contributed by atoms with Crippen molar-refractivity contribution in [1.82, 2.24) is 0 Å². The van der Waals surface area contributed by atoms with Crippen LogP contribution in [0.5, 0.6) is 0 Å². The van der Waals surface area contributed by atoms with Crippen molar-refractivity contribution in [3.63, 3.8) is 0 Å². The van der Waals surface area contributed by atoms with Gasteiger partial charge in [0.05, 0.1) is 12.0 Å². The van der Waals surface area contributed by atoms with Crippen LogP contribution in [0.4, 0.5) is 0 Å². The SMILES string of the molecule is CC#CCCCC[C@@H]1[C@@H](C#C[C@@H](O)C2CCCCC2)[C@H](O)C[C@H]1Cl. The molecule has 0 unspecified atom stereocenters. The summed E-state index contributed by atoms with van der Waals surface area (Å²) >= 11 is 6.45. The van der Waals surface area contributed by atoms with Gasteiger partial charge in [-0.2, -0.15) is 0 Å².